The van der Waals surface area contributed by atoms with Gasteiger partial charge in [0.05, 0.1) is 6.20 Å². The van der Waals surface area contributed by atoms with E-state index in [0.29, 0.717) is 12.0 Å². The SMILES string of the molecule is Cc1c([C@@H]2C[C@@H]2N)cnn1C. The third kappa shape index (κ3) is 0.959. The van der Waals surface area contributed by atoms with Crippen LogP contribution in [0.15, 0.2) is 6.20 Å². The smallest absolute Gasteiger partial charge is 0.0527 e. The topological polar surface area (TPSA) is 43.8 Å². The van der Waals surface area contributed by atoms with Crippen molar-refractivity contribution in [1.82, 2.24) is 9.78 Å². The van der Waals surface area contributed by atoms with Crippen LogP contribution in [0.3, 0.4) is 0 Å². The zero-order chi connectivity index (χ0) is 8.01. The van der Waals surface area contributed by atoms with Crippen molar-refractivity contribution in [2.75, 3.05) is 0 Å². The predicted molar refractivity (Wildman–Crippen MR) is 43.3 cm³/mol. The van der Waals surface area contributed by atoms with Crippen LogP contribution in [-0.4, -0.2) is 15.8 Å². The number of aryl methyl sites for hydroxylation is 1. The maximum absolute atomic E-state index is 5.74. The molecule has 2 atom stereocenters. The molecular formula is C8H13N3. The summed E-state index contributed by atoms with van der Waals surface area (Å²) in [6, 6.07) is 0.387. The molecule has 1 heterocycles. The number of hydrogen-bond acceptors (Lipinski definition) is 2. The van der Waals surface area contributed by atoms with E-state index in [9.17, 15) is 0 Å². The van der Waals surface area contributed by atoms with Crippen LogP contribution in [0.4, 0.5) is 0 Å². The third-order valence-electron chi connectivity index (χ3n) is 2.51. The van der Waals surface area contributed by atoms with Crippen LogP contribution >= 0.6 is 0 Å². The van der Waals surface area contributed by atoms with E-state index in [2.05, 4.69) is 12.0 Å². The summed E-state index contributed by atoms with van der Waals surface area (Å²) in [5.41, 5.74) is 8.33. The molecule has 1 aromatic rings. The quantitative estimate of drug-likeness (QED) is 0.636. The molecule has 0 bridgehead atoms. The van der Waals surface area contributed by atoms with Gasteiger partial charge in [-0.15, -0.1) is 0 Å². The molecule has 0 radical (unpaired) electrons. The fourth-order valence-electron chi connectivity index (χ4n) is 1.45. The van der Waals surface area contributed by atoms with E-state index in [-0.39, 0.29) is 0 Å². The van der Waals surface area contributed by atoms with Gasteiger partial charge in [0.1, 0.15) is 0 Å². The van der Waals surface area contributed by atoms with Crippen molar-refractivity contribution in [2.45, 2.75) is 25.3 Å². The van der Waals surface area contributed by atoms with Crippen LogP contribution in [0.5, 0.6) is 0 Å². The first-order chi connectivity index (χ1) is 5.20. The molecule has 2 N–H and O–H groups in total. The minimum Gasteiger partial charge on any atom is -0.327 e. The molecule has 11 heavy (non-hydrogen) atoms. The Balaban J connectivity index is 2.31. The molecule has 0 amide bonds. The van der Waals surface area contributed by atoms with Gasteiger partial charge >= 0.3 is 0 Å². The number of nitrogens with two attached hydrogens (primary N) is 1. The first-order valence-corrected chi connectivity index (χ1v) is 3.94. The normalized spacial score (nSPS) is 29.0. The molecule has 1 fully saturated rings. The largest absolute Gasteiger partial charge is 0.327 e. The summed E-state index contributed by atoms with van der Waals surface area (Å²) in [6.45, 7) is 2.09. The van der Waals surface area contributed by atoms with Gasteiger partial charge in [-0.05, 0) is 18.9 Å². The Morgan fingerprint density at radius 3 is 2.73 bits per heavy atom. The van der Waals surface area contributed by atoms with Crippen molar-refractivity contribution in [2.24, 2.45) is 12.8 Å². The highest BCUT2D eigenvalue weighted by Crippen LogP contribution is 2.39. The summed E-state index contributed by atoms with van der Waals surface area (Å²) < 4.78 is 1.90. The summed E-state index contributed by atoms with van der Waals surface area (Å²) >= 11 is 0. The lowest BCUT2D eigenvalue weighted by molar-refractivity contribution is 0.737. The van der Waals surface area contributed by atoms with E-state index in [1.165, 1.54) is 11.3 Å². The monoisotopic (exact) mass is 151 g/mol. The fourth-order valence-corrected chi connectivity index (χ4v) is 1.45. The van der Waals surface area contributed by atoms with Gasteiger partial charge in [-0.3, -0.25) is 4.68 Å². The Morgan fingerprint density at radius 1 is 1.73 bits per heavy atom. The zero-order valence-electron chi connectivity index (χ0n) is 6.91. The Morgan fingerprint density at radius 2 is 2.36 bits per heavy atom. The van der Waals surface area contributed by atoms with Crippen molar-refractivity contribution in [1.29, 1.82) is 0 Å². The molecule has 60 valence electrons. The van der Waals surface area contributed by atoms with Gasteiger partial charge in [-0.2, -0.15) is 5.10 Å². The van der Waals surface area contributed by atoms with Gasteiger partial charge in [0.15, 0.2) is 0 Å². The number of rotatable bonds is 1. The maximum atomic E-state index is 5.74. The number of aromatic nitrogens is 2. The molecule has 0 spiro atoms. The zero-order valence-corrected chi connectivity index (χ0v) is 6.91. The standard InChI is InChI=1S/C8H13N3/c1-5-7(4-10-11(5)2)6-3-8(6)9/h4,6,8H,3,9H2,1-2H3/t6-,8-/m0/s1. The molecule has 1 aliphatic rings. The first kappa shape index (κ1) is 6.85. The van der Waals surface area contributed by atoms with Gasteiger partial charge in [0.2, 0.25) is 0 Å². The second kappa shape index (κ2) is 2.08. The summed E-state index contributed by atoms with van der Waals surface area (Å²) in [5, 5.41) is 4.17. The van der Waals surface area contributed by atoms with Gasteiger partial charge < -0.3 is 5.73 Å². The predicted octanol–water partition coefficient (Wildman–Crippen LogP) is 0.543. The Labute approximate surface area is 66.2 Å². The minimum absolute atomic E-state index is 0.387. The number of nitrogens with zero attached hydrogens (tertiary/aromatic N) is 2. The molecule has 1 aromatic heterocycles. The van der Waals surface area contributed by atoms with Crippen molar-refractivity contribution in [3.63, 3.8) is 0 Å². The van der Waals surface area contributed by atoms with Crippen LogP contribution in [0.2, 0.25) is 0 Å². The van der Waals surface area contributed by atoms with Crippen molar-refractivity contribution in [3.05, 3.63) is 17.5 Å². The van der Waals surface area contributed by atoms with Crippen LogP contribution < -0.4 is 5.73 Å². The number of hydrogen-bond donors (Lipinski definition) is 1. The molecule has 1 saturated carbocycles. The van der Waals surface area contributed by atoms with Crippen LogP contribution in [-0.2, 0) is 7.05 Å². The van der Waals surface area contributed by atoms with E-state index in [4.69, 9.17) is 5.73 Å². The van der Waals surface area contributed by atoms with Crippen LogP contribution in [0, 0.1) is 6.92 Å². The lowest BCUT2D eigenvalue weighted by Crippen LogP contribution is -2.01. The Hall–Kier alpha value is -0.830. The molecule has 0 aromatic carbocycles. The highest BCUT2D eigenvalue weighted by atomic mass is 15.3. The molecular weight excluding hydrogens is 138 g/mol. The summed E-state index contributed by atoms with van der Waals surface area (Å²) in [6.07, 6.45) is 3.07. The van der Waals surface area contributed by atoms with Crippen molar-refractivity contribution < 1.29 is 0 Å². The average molecular weight is 151 g/mol. The molecule has 0 saturated heterocycles. The summed E-state index contributed by atoms with van der Waals surface area (Å²) in [4.78, 5) is 0. The molecule has 0 unspecified atom stereocenters. The molecule has 0 aliphatic heterocycles. The Bertz CT molecular complexity index is 277. The second-order valence-electron chi connectivity index (χ2n) is 3.31. The van der Waals surface area contributed by atoms with Gasteiger partial charge in [0, 0.05) is 24.7 Å². The molecule has 1 aliphatic carbocycles. The van der Waals surface area contributed by atoms with Crippen molar-refractivity contribution in [3.8, 4) is 0 Å². The van der Waals surface area contributed by atoms with E-state index < -0.39 is 0 Å². The molecule has 3 heteroatoms. The minimum atomic E-state index is 0.387. The first-order valence-electron chi connectivity index (χ1n) is 3.94. The lowest BCUT2D eigenvalue weighted by atomic mass is 10.2. The lowest BCUT2D eigenvalue weighted by Gasteiger charge is -1.96. The Kier molecular flexibility index (Phi) is 1.29. The van der Waals surface area contributed by atoms with E-state index in [1.54, 1.807) is 0 Å². The van der Waals surface area contributed by atoms with Crippen molar-refractivity contribution >= 4 is 0 Å². The molecule has 2 rings (SSSR count). The van der Waals surface area contributed by atoms with E-state index >= 15 is 0 Å². The van der Waals surface area contributed by atoms with Crippen LogP contribution in [0.25, 0.3) is 0 Å². The maximum Gasteiger partial charge on any atom is 0.0527 e. The summed E-state index contributed by atoms with van der Waals surface area (Å²) in [5.74, 6) is 0.587. The molecule has 3 nitrogen and oxygen atoms in total. The van der Waals surface area contributed by atoms with E-state index in [0.717, 1.165) is 6.42 Å². The highest BCUT2D eigenvalue weighted by molar-refractivity contribution is 5.28. The van der Waals surface area contributed by atoms with Gasteiger partial charge in [-0.25, -0.2) is 0 Å². The van der Waals surface area contributed by atoms with Gasteiger partial charge in [0.25, 0.3) is 0 Å². The van der Waals surface area contributed by atoms with E-state index in [1.807, 2.05) is 17.9 Å². The van der Waals surface area contributed by atoms with Crippen LogP contribution in [0.1, 0.15) is 23.6 Å². The highest BCUT2D eigenvalue weighted by Gasteiger charge is 2.36. The average Bonchev–Trinajstić information content (AvgIpc) is 2.58. The summed E-state index contributed by atoms with van der Waals surface area (Å²) in [7, 11) is 1.97. The third-order valence-corrected chi connectivity index (χ3v) is 2.51. The second-order valence-corrected chi connectivity index (χ2v) is 3.31. The van der Waals surface area contributed by atoms with Gasteiger partial charge in [-0.1, -0.05) is 0 Å². The fraction of sp³-hybridized carbons (Fsp3) is 0.625.